The molecule has 2 aliphatic carbocycles. The standard InChI is InChI=1S/C25H26N2O5/c28-23(27-12-11-22(27)24(29)30)21(13-15-9-10-15)26-25(31)32-14-20-18-7-3-1-5-16(18)17-6-2-4-8-19(17)20/h1-8,15,20-22H,9-14H2,(H,26,31)(H,29,30). The molecule has 1 saturated heterocycles. The third kappa shape index (κ3) is 3.83. The molecule has 166 valence electrons. The summed E-state index contributed by atoms with van der Waals surface area (Å²) in [7, 11) is 0. The van der Waals surface area contributed by atoms with Gasteiger partial charge in [0.15, 0.2) is 0 Å². The molecule has 2 amide bonds. The topological polar surface area (TPSA) is 95.9 Å². The maximum absolute atomic E-state index is 12.9. The van der Waals surface area contributed by atoms with Crippen LogP contribution >= 0.6 is 0 Å². The van der Waals surface area contributed by atoms with Gasteiger partial charge in [-0.05, 0) is 41.0 Å². The Morgan fingerprint density at radius 1 is 1.00 bits per heavy atom. The first kappa shape index (κ1) is 20.5. The molecule has 2 fully saturated rings. The molecule has 0 bridgehead atoms. The third-order valence-electron chi connectivity index (χ3n) is 6.79. The summed E-state index contributed by atoms with van der Waals surface area (Å²) in [6.45, 7) is 0.578. The fourth-order valence-electron chi connectivity index (χ4n) is 4.80. The van der Waals surface area contributed by atoms with Gasteiger partial charge in [-0.2, -0.15) is 0 Å². The highest BCUT2D eigenvalue weighted by atomic mass is 16.5. The molecule has 3 aliphatic rings. The van der Waals surface area contributed by atoms with E-state index < -0.39 is 24.1 Å². The van der Waals surface area contributed by atoms with Gasteiger partial charge in [0.25, 0.3) is 0 Å². The van der Waals surface area contributed by atoms with E-state index in [1.807, 2.05) is 24.3 Å². The van der Waals surface area contributed by atoms with Crippen LogP contribution in [-0.4, -0.2) is 53.2 Å². The quantitative estimate of drug-likeness (QED) is 0.697. The van der Waals surface area contributed by atoms with Crippen molar-refractivity contribution in [1.82, 2.24) is 10.2 Å². The molecule has 32 heavy (non-hydrogen) atoms. The van der Waals surface area contributed by atoms with Gasteiger partial charge < -0.3 is 20.1 Å². The lowest BCUT2D eigenvalue weighted by atomic mass is 9.98. The number of carboxylic acid groups (broad SMARTS) is 1. The Morgan fingerprint density at radius 3 is 2.16 bits per heavy atom. The Bertz CT molecular complexity index is 1020. The van der Waals surface area contributed by atoms with Crippen molar-refractivity contribution < 1.29 is 24.2 Å². The number of ether oxygens (including phenoxy) is 1. The number of carbonyl (C=O) groups excluding carboxylic acids is 2. The van der Waals surface area contributed by atoms with E-state index in [0.29, 0.717) is 25.3 Å². The van der Waals surface area contributed by atoms with Gasteiger partial charge in [0.1, 0.15) is 18.7 Å². The minimum absolute atomic E-state index is 0.0579. The Kier molecular flexibility index (Phi) is 5.33. The van der Waals surface area contributed by atoms with Crippen LogP contribution in [0.3, 0.4) is 0 Å². The summed E-state index contributed by atoms with van der Waals surface area (Å²) in [4.78, 5) is 38.3. The minimum Gasteiger partial charge on any atom is -0.480 e. The molecule has 2 aromatic rings. The van der Waals surface area contributed by atoms with Crippen molar-refractivity contribution in [1.29, 1.82) is 0 Å². The number of likely N-dealkylation sites (tertiary alicyclic amines) is 1. The molecule has 7 nitrogen and oxygen atoms in total. The summed E-state index contributed by atoms with van der Waals surface area (Å²) in [5, 5.41) is 12.0. The predicted octanol–water partition coefficient (Wildman–Crippen LogP) is 3.38. The number of hydrogen-bond donors (Lipinski definition) is 2. The molecule has 7 heteroatoms. The molecule has 0 spiro atoms. The van der Waals surface area contributed by atoms with E-state index in [1.165, 1.54) is 4.90 Å². The Balaban J connectivity index is 1.25. The maximum Gasteiger partial charge on any atom is 0.407 e. The Hall–Kier alpha value is -3.35. The lowest BCUT2D eigenvalue weighted by Crippen LogP contribution is -2.60. The second-order valence-corrected chi connectivity index (χ2v) is 8.88. The number of rotatable bonds is 7. The zero-order valence-corrected chi connectivity index (χ0v) is 17.7. The molecular weight excluding hydrogens is 408 g/mol. The van der Waals surface area contributed by atoms with E-state index in [9.17, 15) is 19.5 Å². The number of amides is 2. The van der Waals surface area contributed by atoms with Crippen molar-refractivity contribution in [3.63, 3.8) is 0 Å². The number of fused-ring (bicyclic) bond motifs is 3. The average Bonchev–Trinajstić information content (AvgIpc) is 3.51. The second kappa shape index (κ2) is 8.30. The van der Waals surface area contributed by atoms with Gasteiger partial charge in [-0.15, -0.1) is 0 Å². The largest absolute Gasteiger partial charge is 0.480 e. The normalized spacial score (nSPS) is 20.0. The zero-order valence-electron chi connectivity index (χ0n) is 17.7. The van der Waals surface area contributed by atoms with Gasteiger partial charge in [-0.1, -0.05) is 61.4 Å². The van der Waals surface area contributed by atoms with Crippen LogP contribution in [0.15, 0.2) is 48.5 Å². The lowest BCUT2D eigenvalue weighted by molar-refractivity contribution is -0.158. The molecule has 5 rings (SSSR count). The van der Waals surface area contributed by atoms with Crippen LogP contribution in [-0.2, 0) is 14.3 Å². The monoisotopic (exact) mass is 434 g/mol. The fourth-order valence-corrected chi connectivity index (χ4v) is 4.80. The first-order valence-electron chi connectivity index (χ1n) is 11.2. The van der Waals surface area contributed by atoms with Crippen molar-refractivity contribution in [2.24, 2.45) is 5.92 Å². The Labute approximate surface area is 186 Å². The molecule has 2 aromatic carbocycles. The van der Waals surface area contributed by atoms with Gasteiger partial charge >= 0.3 is 12.1 Å². The highest BCUT2D eigenvalue weighted by molar-refractivity contribution is 5.90. The summed E-state index contributed by atoms with van der Waals surface area (Å²) in [5.74, 6) is -1.00. The van der Waals surface area contributed by atoms with Crippen molar-refractivity contribution in [2.75, 3.05) is 13.2 Å². The molecule has 0 radical (unpaired) electrons. The molecule has 2 N–H and O–H groups in total. The van der Waals surface area contributed by atoms with Crippen LogP contribution in [0, 0.1) is 5.92 Å². The fraction of sp³-hybridized carbons (Fsp3) is 0.400. The third-order valence-corrected chi connectivity index (χ3v) is 6.79. The van der Waals surface area contributed by atoms with Gasteiger partial charge in [0.05, 0.1) is 0 Å². The van der Waals surface area contributed by atoms with Crippen LogP contribution < -0.4 is 5.32 Å². The number of carboxylic acids is 1. The maximum atomic E-state index is 12.9. The Morgan fingerprint density at radius 2 is 1.62 bits per heavy atom. The van der Waals surface area contributed by atoms with E-state index in [2.05, 4.69) is 29.6 Å². The number of hydrogen-bond acceptors (Lipinski definition) is 4. The molecule has 2 atom stereocenters. The van der Waals surface area contributed by atoms with E-state index in [1.54, 1.807) is 0 Å². The van der Waals surface area contributed by atoms with Crippen molar-refractivity contribution >= 4 is 18.0 Å². The average molecular weight is 434 g/mol. The van der Waals surface area contributed by atoms with E-state index >= 15 is 0 Å². The first-order chi connectivity index (χ1) is 15.5. The molecule has 0 aromatic heterocycles. The first-order valence-corrected chi connectivity index (χ1v) is 11.2. The van der Waals surface area contributed by atoms with Gasteiger partial charge in [-0.25, -0.2) is 9.59 Å². The van der Waals surface area contributed by atoms with Crippen LogP contribution in [0.1, 0.15) is 42.7 Å². The van der Waals surface area contributed by atoms with E-state index in [-0.39, 0.29) is 18.4 Å². The summed E-state index contributed by atoms with van der Waals surface area (Å²) in [6.07, 6.45) is 2.38. The molecule has 1 heterocycles. The highest BCUT2D eigenvalue weighted by Crippen LogP contribution is 2.44. The zero-order chi connectivity index (χ0) is 22.2. The second-order valence-electron chi connectivity index (χ2n) is 8.88. The molecular formula is C25H26N2O5. The molecule has 1 aliphatic heterocycles. The van der Waals surface area contributed by atoms with E-state index in [0.717, 1.165) is 35.1 Å². The van der Waals surface area contributed by atoms with Gasteiger partial charge in [0, 0.05) is 12.5 Å². The van der Waals surface area contributed by atoms with Crippen molar-refractivity contribution in [3.05, 3.63) is 59.7 Å². The number of nitrogens with zero attached hydrogens (tertiary/aromatic N) is 1. The predicted molar refractivity (Wildman–Crippen MR) is 117 cm³/mol. The van der Waals surface area contributed by atoms with Crippen LogP contribution in [0.25, 0.3) is 11.1 Å². The smallest absolute Gasteiger partial charge is 0.407 e. The molecule has 1 saturated carbocycles. The summed E-state index contributed by atoms with van der Waals surface area (Å²) >= 11 is 0. The van der Waals surface area contributed by atoms with Crippen LogP contribution in [0.4, 0.5) is 4.79 Å². The summed E-state index contributed by atoms with van der Waals surface area (Å²) in [6, 6.07) is 14.7. The minimum atomic E-state index is -1.00. The number of benzene rings is 2. The summed E-state index contributed by atoms with van der Waals surface area (Å²) < 4.78 is 5.59. The van der Waals surface area contributed by atoms with Crippen LogP contribution in [0.5, 0.6) is 0 Å². The van der Waals surface area contributed by atoms with Crippen molar-refractivity contribution in [3.8, 4) is 11.1 Å². The van der Waals surface area contributed by atoms with Crippen molar-refractivity contribution in [2.45, 2.75) is 43.7 Å². The van der Waals surface area contributed by atoms with Gasteiger partial charge in [-0.3, -0.25) is 4.79 Å². The van der Waals surface area contributed by atoms with Gasteiger partial charge in [0.2, 0.25) is 5.91 Å². The number of aliphatic carboxylic acids is 1. The number of alkyl carbamates (subject to hydrolysis) is 1. The SMILES string of the molecule is O=C(NC(CC1CC1)C(=O)N1CCC1C(=O)O)OCC1c2ccccc2-c2ccccc21. The lowest BCUT2D eigenvalue weighted by Gasteiger charge is -2.40. The molecule has 2 unspecified atom stereocenters. The highest BCUT2D eigenvalue weighted by Gasteiger charge is 2.42. The van der Waals surface area contributed by atoms with Crippen LogP contribution in [0.2, 0.25) is 0 Å². The summed E-state index contributed by atoms with van der Waals surface area (Å²) in [5.41, 5.74) is 4.54. The number of nitrogens with one attached hydrogen (secondary N) is 1. The number of carbonyl (C=O) groups is 3. The van der Waals surface area contributed by atoms with E-state index in [4.69, 9.17) is 4.74 Å².